The fourth-order valence-electron chi connectivity index (χ4n) is 2.93. The summed E-state index contributed by atoms with van der Waals surface area (Å²) in [5, 5.41) is 8.83. The summed E-state index contributed by atoms with van der Waals surface area (Å²) in [6, 6.07) is 20.0. The third-order valence-electron chi connectivity index (χ3n) is 4.11. The van der Waals surface area contributed by atoms with Gasteiger partial charge in [-0.3, -0.25) is 4.90 Å². The number of aliphatic hydroxyl groups is 1. The fraction of sp³-hybridized carbons (Fsp3) is 0.400. The summed E-state index contributed by atoms with van der Waals surface area (Å²) in [5.74, 6) is 0.854. The number of benzene rings is 2. The number of nitrogens with zero attached hydrogens (tertiary/aromatic N) is 1. The number of rotatable bonds is 9. The summed E-state index contributed by atoms with van der Waals surface area (Å²) in [4.78, 5) is 2.26. The minimum atomic E-state index is -0.0942. The molecular formula is C20H25NO4. The van der Waals surface area contributed by atoms with Crippen LogP contribution in [0.15, 0.2) is 60.7 Å². The van der Waals surface area contributed by atoms with Crippen molar-refractivity contribution in [3.05, 3.63) is 66.2 Å². The number of hydrogen-bond acceptors (Lipinski definition) is 5. The van der Waals surface area contributed by atoms with E-state index in [1.807, 2.05) is 48.5 Å². The van der Waals surface area contributed by atoms with E-state index in [-0.39, 0.29) is 18.9 Å². The largest absolute Gasteiger partial charge is 0.491 e. The smallest absolute Gasteiger partial charge is 0.137 e. The van der Waals surface area contributed by atoms with Crippen LogP contribution in [0.4, 0.5) is 0 Å². The molecule has 3 rings (SSSR count). The van der Waals surface area contributed by atoms with E-state index in [0.717, 1.165) is 24.4 Å². The van der Waals surface area contributed by atoms with Gasteiger partial charge in [0.2, 0.25) is 0 Å². The van der Waals surface area contributed by atoms with Gasteiger partial charge in [-0.05, 0) is 17.7 Å². The Hall–Kier alpha value is -1.92. The van der Waals surface area contributed by atoms with Gasteiger partial charge in [0.15, 0.2) is 0 Å². The van der Waals surface area contributed by atoms with Crippen LogP contribution in [0.25, 0.3) is 0 Å². The molecule has 0 radical (unpaired) electrons. The molecule has 2 unspecified atom stereocenters. The molecule has 1 fully saturated rings. The van der Waals surface area contributed by atoms with Crippen molar-refractivity contribution >= 4 is 0 Å². The SMILES string of the molecule is OCCOCCN1CC(COc2ccccc2)OC1c1ccccc1. The molecule has 1 heterocycles. The normalized spacial score (nSPS) is 20.7. The molecule has 25 heavy (non-hydrogen) atoms. The molecule has 2 aromatic rings. The number of aliphatic hydroxyl groups excluding tert-OH is 1. The Morgan fingerprint density at radius 2 is 1.72 bits per heavy atom. The van der Waals surface area contributed by atoms with Crippen molar-refractivity contribution in [1.29, 1.82) is 0 Å². The summed E-state index contributed by atoms with van der Waals surface area (Å²) in [5.41, 5.74) is 1.13. The van der Waals surface area contributed by atoms with E-state index in [9.17, 15) is 0 Å². The van der Waals surface area contributed by atoms with Crippen molar-refractivity contribution in [2.75, 3.05) is 39.5 Å². The van der Waals surface area contributed by atoms with Crippen molar-refractivity contribution in [2.45, 2.75) is 12.3 Å². The average molecular weight is 343 g/mol. The van der Waals surface area contributed by atoms with Crippen LogP contribution >= 0.6 is 0 Å². The second-order valence-corrected chi connectivity index (χ2v) is 5.98. The summed E-state index contributed by atoms with van der Waals surface area (Å²) < 4.78 is 17.5. The Morgan fingerprint density at radius 1 is 1.00 bits per heavy atom. The lowest BCUT2D eigenvalue weighted by atomic mass is 10.2. The van der Waals surface area contributed by atoms with Crippen LogP contribution in [0, 0.1) is 0 Å². The zero-order valence-corrected chi connectivity index (χ0v) is 14.3. The van der Waals surface area contributed by atoms with Crippen LogP contribution in [0.1, 0.15) is 11.8 Å². The minimum Gasteiger partial charge on any atom is -0.491 e. The minimum absolute atomic E-state index is 0.00301. The van der Waals surface area contributed by atoms with Crippen LogP contribution in [-0.4, -0.2) is 55.6 Å². The maximum Gasteiger partial charge on any atom is 0.137 e. The van der Waals surface area contributed by atoms with Gasteiger partial charge in [0.1, 0.15) is 24.7 Å². The molecule has 0 amide bonds. The van der Waals surface area contributed by atoms with Crippen molar-refractivity contribution in [2.24, 2.45) is 0 Å². The van der Waals surface area contributed by atoms with Gasteiger partial charge in [-0.15, -0.1) is 0 Å². The third-order valence-corrected chi connectivity index (χ3v) is 4.11. The molecule has 5 nitrogen and oxygen atoms in total. The van der Waals surface area contributed by atoms with Crippen molar-refractivity contribution < 1.29 is 19.3 Å². The molecule has 0 aliphatic carbocycles. The third kappa shape index (κ3) is 5.28. The quantitative estimate of drug-likeness (QED) is 0.709. The molecular weight excluding hydrogens is 318 g/mol. The van der Waals surface area contributed by atoms with Crippen molar-refractivity contribution in [3.8, 4) is 5.75 Å². The Kier molecular flexibility index (Phi) is 6.82. The summed E-state index contributed by atoms with van der Waals surface area (Å²) in [6.45, 7) is 3.04. The van der Waals surface area contributed by atoms with E-state index in [2.05, 4.69) is 17.0 Å². The number of ether oxygens (including phenoxy) is 3. The molecule has 1 saturated heterocycles. The van der Waals surface area contributed by atoms with E-state index in [4.69, 9.17) is 19.3 Å². The lowest BCUT2D eigenvalue weighted by Crippen LogP contribution is -2.30. The van der Waals surface area contributed by atoms with E-state index in [0.29, 0.717) is 19.8 Å². The monoisotopic (exact) mass is 343 g/mol. The highest BCUT2D eigenvalue weighted by Crippen LogP contribution is 2.30. The van der Waals surface area contributed by atoms with Crippen molar-refractivity contribution in [3.63, 3.8) is 0 Å². The molecule has 1 aliphatic rings. The van der Waals surface area contributed by atoms with Gasteiger partial charge >= 0.3 is 0 Å². The Morgan fingerprint density at radius 3 is 2.44 bits per heavy atom. The zero-order valence-electron chi connectivity index (χ0n) is 14.3. The van der Waals surface area contributed by atoms with Crippen LogP contribution in [-0.2, 0) is 9.47 Å². The first-order valence-corrected chi connectivity index (χ1v) is 8.67. The highest BCUT2D eigenvalue weighted by molar-refractivity contribution is 5.21. The van der Waals surface area contributed by atoms with Gasteiger partial charge < -0.3 is 19.3 Å². The lowest BCUT2D eigenvalue weighted by molar-refractivity contribution is -0.0235. The van der Waals surface area contributed by atoms with Crippen LogP contribution < -0.4 is 4.74 Å². The summed E-state index contributed by atoms with van der Waals surface area (Å²) in [6.07, 6.45) is -0.0912. The maximum atomic E-state index is 8.83. The molecule has 1 N–H and O–H groups in total. The first-order chi connectivity index (χ1) is 12.4. The molecule has 1 aliphatic heterocycles. The van der Waals surface area contributed by atoms with E-state index in [1.54, 1.807) is 0 Å². The van der Waals surface area contributed by atoms with Crippen molar-refractivity contribution in [1.82, 2.24) is 4.90 Å². The van der Waals surface area contributed by atoms with Gasteiger partial charge in [-0.2, -0.15) is 0 Å². The lowest BCUT2D eigenvalue weighted by Gasteiger charge is -2.22. The Balaban J connectivity index is 1.58. The second-order valence-electron chi connectivity index (χ2n) is 5.98. The van der Waals surface area contributed by atoms with Crippen LogP contribution in [0.5, 0.6) is 5.75 Å². The summed E-state index contributed by atoms with van der Waals surface area (Å²) >= 11 is 0. The topological polar surface area (TPSA) is 51.2 Å². The average Bonchev–Trinajstić information content (AvgIpc) is 3.08. The fourth-order valence-corrected chi connectivity index (χ4v) is 2.93. The predicted molar refractivity (Wildman–Crippen MR) is 95.5 cm³/mol. The standard InChI is InChI=1S/C20H25NO4/c22-12-14-23-13-11-21-15-19(16-24-18-9-5-2-6-10-18)25-20(21)17-7-3-1-4-8-17/h1-10,19-20,22H,11-16H2. The molecule has 0 aromatic heterocycles. The molecule has 2 atom stereocenters. The van der Waals surface area contributed by atoms with E-state index < -0.39 is 0 Å². The second kappa shape index (κ2) is 9.53. The van der Waals surface area contributed by atoms with Gasteiger partial charge in [-0.25, -0.2) is 0 Å². The van der Waals surface area contributed by atoms with Crippen LogP contribution in [0.2, 0.25) is 0 Å². The molecule has 2 aromatic carbocycles. The number of hydrogen-bond donors (Lipinski definition) is 1. The Bertz CT molecular complexity index is 608. The first kappa shape index (κ1) is 17.9. The maximum absolute atomic E-state index is 8.83. The van der Waals surface area contributed by atoms with E-state index in [1.165, 1.54) is 0 Å². The van der Waals surface area contributed by atoms with Gasteiger partial charge in [0.05, 0.1) is 19.8 Å². The predicted octanol–water partition coefficient (Wildman–Crippen LogP) is 2.47. The molecule has 0 bridgehead atoms. The van der Waals surface area contributed by atoms with E-state index >= 15 is 0 Å². The highest BCUT2D eigenvalue weighted by atomic mass is 16.6. The van der Waals surface area contributed by atoms with Gasteiger partial charge in [0, 0.05) is 13.1 Å². The zero-order chi connectivity index (χ0) is 17.3. The summed E-state index contributed by atoms with van der Waals surface area (Å²) in [7, 11) is 0. The molecule has 134 valence electrons. The van der Waals surface area contributed by atoms with Gasteiger partial charge in [-0.1, -0.05) is 48.5 Å². The molecule has 0 spiro atoms. The van der Waals surface area contributed by atoms with Crippen LogP contribution in [0.3, 0.4) is 0 Å². The highest BCUT2D eigenvalue weighted by Gasteiger charge is 2.34. The molecule has 5 heteroatoms. The molecule has 0 saturated carbocycles. The number of para-hydroxylation sites is 1. The first-order valence-electron chi connectivity index (χ1n) is 8.67. The van der Waals surface area contributed by atoms with Gasteiger partial charge in [0.25, 0.3) is 0 Å². The Labute approximate surface area is 148 Å².